The van der Waals surface area contributed by atoms with Crippen molar-refractivity contribution in [1.82, 2.24) is 0 Å². The summed E-state index contributed by atoms with van der Waals surface area (Å²) in [6.45, 7) is 4.66. The zero-order valence-electron chi connectivity index (χ0n) is 9.69. The molecule has 0 radical (unpaired) electrons. The summed E-state index contributed by atoms with van der Waals surface area (Å²) < 4.78 is 5.34. The van der Waals surface area contributed by atoms with Crippen LogP contribution in [0.1, 0.15) is 13.8 Å². The minimum atomic E-state index is -0.184. The standard InChI is InChI=1S/C12H18N2O2/c1-3-16-11-6-4-5-10(7-11)14-12(15)9(2)8-13/h4-7,9H,3,8,13H2,1-2H3,(H,14,15). The van der Waals surface area contributed by atoms with Gasteiger partial charge in [0.15, 0.2) is 0 Å². The topological polar surface area (TPSA) is 64.3 Å². The second kappa shape index (κ2) is 6.12. The molecule has 0 bridgehead atoms. The first-order valence-electron chi connectivity index (χ1n) is 5.41. The fraction of sp³-hybridized carbons (Fsp3) is 0.417. The molecule has 0 fully saturated rings. The second-order valence-corrected chi connectivity index (χ2v) is 3.59. The fourth-order valence-electron chi connectivity index (χ4n) is 1.20. The summed E-state index contributed by atoms with van der Waals surface area (Å²) in [6, 6.07) is 7.31. The molecule has 0 spiro atoms. The molecular weight excluding hydrogens is 204 g/mol. The molecule has 1 rings (SSSR count). The van der Waals surface area contributed by atoms with Gasteiger partial charge in [0.1, 0.15) is 5.75 Å². The van der Waals surface area contributed by atoms with E-state index in [2.05, 4.69) is 5.32 Å². The zero-order chi connectivity index (χ0) is 12.0. The van der Waals surface area contributed by atoms with Crippen LogP contribution in [0.4, 0.5) is 5.69 Å². The molecule has 0 aliphatic carbocycles. The van der Waals surface area contributed by atoms with E-state index in [9.17, 15) is 4.79 Å². The van der Waals surface area contributed by atoms with E-state index in [1.807, 2.05) is 25.1 Å². The van der Waals surface area contributed by atoms with Crippen molar-refractivity contribution < 1.29 is 9.53 Å². The molecule has 0 aliphatic rings. The van der Waals surface area contributed by atoms with Gasteiger partial charge < -0.3 is 15.8 Å². The molecular formula is C12H18N2O2. The summed E-state index contributed by atoms with van der Waals surface area (Å²) in [5.74, 6) is 0.493. The average molecular weight is 222 g/mol. The number of rotatable bonds is 5. The van der Waals surface area contributed by atoms with E-state index in [-0.39, 0.29) is 11.8 Å². The van der Waals surface area contributed by atoms with E-state index >= 15 is 0 Å². The minimum Gasteiger partial charge on any atom is -0.494 e. The molecule has 88 valence electrons. The van der Waals surface area contributed by atoms with Crippen LogP contribution in [0, 0.1) is 5.92 Å². The normalized spacial score (nSPS) is 11.9. The van der Waals surface area contributed by atoms with E-state index in [0.29, 0.717) is 13.2 Å². The molecule has 1 amide bonds. The molecule has 1 aromatic carbocycles. The molecule has 3 N–H and O–H groups in total. The third-order valence-electron chi connectivity index (χ3n) is 2.21. The number of ether oxygens (including phenoxy) is 1. The van der Waals surface area contributed by atoms with E-state index in [0.717, 1.165) is 11.4 Å². The number of carbonyl (C=O) groups is 1. The van der Waals surface area contributed by atoms with Gasteiger partial charge in [-0.25, -0.2) is 0 Å². The van der Waals surface area contributed by atoms with Crippen molar-refractivity contribution in [2.24, 2.45) is 11.7 Å². The Bertz CT molecular complexity index is 353. The maximum absolute atomic E-state index is 11.6. The van der Waals surface area contributed by atoms with Crippen LogP contribution in [0.5, 0.6) is 5.75 Å². The molecule has 0 heterocycles. The molecule has 0 saturated heterocycles. The van der Waals surface area contributed by atoms with Crippen LogP contribution in [0.3, 0.4) is 0 Å². The summed E-state index contributed by atoms with van der Waals surface area (Å²) >= 11 is 0. The van der Waals surface area contributed by atoms with Gasteiger partial charge in [0.25, 0.3) is 0 Å². The Balaban J connectivity index is 2.66. The SMILES string of the molecule is CCOc1cccc(NC(=O)C(C)CN)c1. The highest BCUT2D eigenvalue weighted by molar-refractivity contribution is 5.92. The lowest BCUT2D eigenvalue weighted by Crippen LogP contribution is -2.26. The van der Waals surface area contributed by atoms with E-state index in [1.165, 1.54) is 0 Å². The fourth-order valence-corrected chi connectivity index (χ4v) is 1.20. The molecule has 1 unspecified atom stereocenters. The van der Waals surface area contributed by atoms with Crippen LogP contribution in [-0.2, 0) is 4.79 Å². The largest absolute Gasteiger partial charge is 0.494 e. The first-order chi connectivity index (χ1) is 7.67. The smallest absolute Gasteiger partial charge is 0.228 e. The van der Waals surface area contributed by atoms with Gasteiger partial charge in [0.2, 0.25) is 5.91 Å². The van der Waals surface area contributed by atoms with Gasteiger partial charge in [-0.3, -0.25) is 4.79 Å². The lowest BCUT2D eigenvalue weighted by molar-refractivity contribution is -0.119. The van der Waals surface area contributed by atoms with E-state index < -0.39 is 0 Å². The second-order valence-electron chi connectivity index (χ2n) is 3.59. The van der Waals surface area contributed by atoms with Crippen LogP contribution in [0.15, 0.2) is 24.3 Å². The first kappa shape index (κ1) is 12.5. The van der Waals surface area contributed by atoms with Gasteiger partial charge in [-0.15, -0.1) is 0 Å². The van der Waals surface area contributed by atoms with Gasteiger partial charge in [0, 0.05) is 24.2 Å². The Morgan fingerprint density at radius 3 is 2.94 bits per heavy atom. The monoisotopic (exact) mass is 222 g/mol. The number of nitrogens with one attached hydrogen (secondary N) is 1. The van der Waals surface area contributed by atoms with Crippen LogP contribution in [0.25, 0.3) is 0 Å². The molecule has 1 aromatic rings. The van der Waals surface area contributed by atoms with Crippen molar-refractivity contribution in [3.63, 3.8) is 0 Å². The summed E-state index contributed by atoms with van der Waals surface area (Å²) in [4.78, 5) is 11.6. The van der Waals surface area contributed by atoms with Gasteiger partial charge in [-0.05, 0) is 19.1 Å². The van der Waals surface area contributed by atoms with Gasteiger partial charge in [-0.1, -0.05) is 13.0 Å². The Morgan fingerprint density at radius 2 is 2.31 bits per heavy atom. The highest BCUT2D eigenvalue weighted by Gasteiger charge is 2.10. The molecule has 0 aromatic heterocycles. The van der Waals surface area contributed by atoms with Crippen LogP contribution in [0.2, 0.25) is 0 Å². The van der Waals surface area contributed by atoms with Gasteiger partial charge in [0.05, 0.1) is 6.61 Å². The zero-order valence-corrected chi connectivity index (χ0v) is 9.69. The maximum atomic E-state index is 11.6. The Hall–Kier alpha value is -1.55. The number of hydrogen-bond acceptors (Lipinski definition) is 3. The number of anilines is 1. The summed E-state index contributed by atoms with van der Waals surface area (Å²) in [7, 11) is 0. The molecule has 4 heteroatoms. The first-order valence-corrected chi connectivity index (χ1v) is 5.41. The molecule has 1 atom stereocenters. The highest BCUT2D eigenvalue weighted by Crippen LogP contribution is 2.17. The Labute approximate surface area is 95.8 Å². The van der Waals surface area contributed by atoms with Gasteiger partial charge >= 0.3 is 0 Å². The average Bonchev–Trinajstić information content (AvgIpc) is 2.29. The van der Waals surface area contributed by atoms with Crippen molar-refractivity contribution in [2.75, 3.05) is 18.5 Å². The summed E-state index contributed by atoms with van der Waals surface area (Å²) in [5.41, 5.74) is 6.15. The number of hydrogen-bond donors (Lipinski definition) is 2. The third kappa shape index (κ3) is 3.55. The maximum Gasteiger partial charge on any atom is 0.228 e. The van der Waals surface area contributed by atoms with Crippen molar-refractivity contribution in [3.8, 4) is 5.75 Å². The molecule has 16 heavy (non-hydrogen) atoms. The number of carbonyl (C=O) groups excluding carboxylic acids is 1. The molecule has 0 aliphatic heterocycles. The molecule has 4 nitrogen and oxygen atoms in total. The Morgan fingerprint density at radius 1 is 1.56 bits per heavy atom. The van der Waals surface area contributed by atoms with E-state index in [4.69, 9.17) is 10.5 Å². The van der Waals surface area contributed by atoms with Crippen molar-refractivity contribution in [1.29, 1.82) is 0 Å². The van der Waals surface area contributed by atoms with Crippen molar-refractivity contribution >= 4 is 11.6 Å². The van der Waals surface area contributed by atoms with Crippen LogP contribution < -0.4 is 15.8 Å². The third-order valence-corrected chi connectivity index (χ3v) is 2.21. The summed E-state index contributed by atoms with van der Waals surface area (Å²) in [5, 5.41) is 2.79. The quantitative estimate of drug-likeness (QED) is 0.795. The lowest BCUT2D eigenvalue weighted by Gasteiger charge is -2.11. The van der Waals surface area contributed by atoms with Gasteiger partial charge in [-0.2, -0.15) is 0 Å². The van der Waals surface area contributed by atoms with Crippen molar-refractivity contribution in [2.45, 2.75) is 13.8 Å². The predicted octanol–water partition coefficient (Wildman–Crippen LogP) is 1.62. The number of amides is 1. The molecule has 0 saturated carbocycles. The highest BCUT2D eigenvalue weighted by atomic mass is 16.5. The van der Waals surface area contributed by atoms with Crippen LogP contribution >= 0.6 is 0 Å². The summed E-state index contributed by atoms with van der Waals surface area (Å²) in [6.07, 6.45) is 0. The number of benzene rings is 1. The van der Waals surface area contributed by atoms with E-state index in [1.54, 1.807) is 13.0 Å². The lowest BCUT2D eigenvalue weighted by atomic mass is 10.1. The predicted molar refractivity (Wildman–Crippen MR) is 64.5 cm³/mol. The Kier molecular flexibility index (Phi) is 4.79. The van der Waals surface area contributed by atoms with Crippen molar-refractivity contribution in [3.05, 3.63) is 24.3 Å². The number of nitrogens with two attached hydrogens (primary N) is 1. The van der Waals surface area contributed by atoms with Crippen LogP contribution in [-0.4, -0.2) is 19.1 Å². The minimum absolute atomic E-state index is 0.0730.